The van der Waals surface area contributed by atoms with Crippen LogP contribution in [0.1, 0.15) is 28.3 Å². The van der Waals surface area contributed by atoms with E-state index in [4.69, 9.17) is 0 Å². The Hall–Kier alpha value is -2.48. The molecule has 1 saturated heterocycles. The minimum absolute atomic E-state index is 0.0802. The number of rotatable bonds is 4. The number of carbonyl (C=O) groups is 2. The summed E-state index contributed by atoms with van der Waals surface area (Å²) in [4.78, 5) is 33.1. The van der Waals surface area contributed by atoms with E-state index < -0.39 is 5.54 Å². The monoisotopic (exact) mass is 390 g/mol. The van der Waals surface area contributed by atoms with Gasteiger partial charge in [0.1, 0.15) is 17.1 Å². The molecule has 144 valence electrons. The number of hydrogen-bond donors (Lipinski definition) is 1. The Bertz CT molecular complexity index is 844. The number of likely N-dealkylation sites (N-methyl/N-ethyl adjacent to an activating group) is 1. The summed E-state index contributed by atoms with van der Waals surface area (Å²) in [6.45, 7) is 2.72. The summed E-state index contributed by atoms with van der Waals surface area (Å²) in [7, 11) is 3.40. The normalized spacial score (nSPS) is 16.1. The van der Waals surface area contributed by atoms with Crippen molar-refractivity contribution in [3.05, 3.63) is 46.2 Å². The maximum absolute atomic E-state index is 13.6. The molecule has 27 heavy (non-hydrogen) atoms. The molecule has 2 heterocycles. The van der Waals surface area contributed by atoms with Crippen LogP contribution in [0.2, 0.25) is 0 Å². The van der Waals surface area contributed by atoms with Gasteiger partial charge in [-0.15, -0.1) is 11.3 Å². The molecule has 0 unspecified atom stereocenters. The lowest BCUT2D eigenvalue weighted by Gasteiger charge is -2.42. The molecule has 1 fully saturated rings. The standard InChI is InChI=1S/C19H23FN4O2S/c1-13-21-16(12-27-13)17(25)24-9-7-19(8-10-24,18(26)23(2)3)22-15-6-4-5-14(20)11-15/h4-6,11-12,22H,7-10H2,1-3H3. The van der Waals surface area contributed by atoms with Gasteiger partial charge in [0.25, 0.3) is 5.91 Å². The van der Waals surface area contributed by atoms with Gasteiger partial charge >= 0.3 is 0 Å². The number of aromatic nitrogens is 1. The number of nitrogens with one attached hydrogen (secondary N) is 1. The van der Waals surface area contributed by atoms with Crippen molar-refractivity contribution in [2.24, 2.45) is 0 Å². The second-order valence-electron chi connectivity index (χ2n) is 6.96. The third-order valence-corrected chi connectivity index (χ3v) is 5.54. The molecule has 1 N–H and O–H groups in total. The zero-order valence-corrected chi connectivity index (χ0v) is 16.5. The molecule has 6 nitrogen and oxygen atoms in total. The van der Waals surface area contributed by atoms with E-state index in [1.165, 1.54) is 28.4 Å². The minimum atomic E-state index is -0.869. The van der Waals surface area contributed by atoms with Crippen LogP contribution in [-0.4, -0.2) is 59.3 Å². The molecule has 0 atom stereocenters. The number of piperidine rings is 1. The molecule has 0 bridgehead atoms. The van der Waals surface area contributed by atoms with Gasteiger partial charge in [-0.05, 0) is 38.0 Å². The Kier molecular flexibility index (Phi) is 5.46. The van der Waals surface area contributed by atoms with Gasteiger partial charge in [0.05, 0.1) is 5.01 Å². The molecule has 1 aliphatic heterocycles. The number of aryl methyl sites for hydroxylation is 1. The summed E-state index contributed by atoms with van der Waals surface area (Å²) in [5.41, 5.74) is 0.133. The third kappa shape index (κ3) is 4.10. The molecule has 0 saturated carbocycles. The first-order valence-corrected chi connectivity index (χ1v) is 9.66. The van der Waals surface area contributed by atoms with Crippen LogP contribution in [0.3, 0.4) is 0 Å². The molecule has 0 radical (unpaired) electrons. The van der Waals surface area contributed by atoms with E-state index >= 15 is 0 Å². The molecule has 8 heteroatoms. The predicted octanol–water partition coefficient (Wildman–Crippen LogP) is 2.77. The van der Waals surface area contributed by atoms with Crippen molar-refractivity contribution < 1.29 is 14.0 Å². The molecule has 2 aromatic rings. The Morgan fingerprint density at radius 2 is 2.00 bits per heavy atom. The molecule has 3 rings (SSSR count). The van der Waals surface area contributed by atoms with E-state index in [1.807, 2.05) is 6.92 Å². The molecule has 2 amide bonds. The van der Waals surface area contributed by atoms with E-state index in [-0.39, 0.29) is 17.6 Å². The highest BCUT2D eigenvalue weighted by atomic mass is 32.1. The van der Waals surface area contributed by atoms with Gasteiger partial charge < -0.3 is 15.1 Å². The van der Waals surface area contributed by atoms with Gasteiger partial charge in [-0.3, -0.25) is 9.59 Å². The van der Waals surface area contributed by atoms with Gasteiger partial charge in [-0.1, -0.05) is 6.07 Å². The van der Waals surface area contributed by atoms with Crippen LogP contribution in [0.25, 0.3) is 0 Å². The highest BCUT2D eigenvalue weighted by molar-refractivity contribution is 7.09. The number of nitrogens with zero attached hydrogens (tertiary/aromatic N) is 3. The maximum Gasteiger partial charge on any atom is 0.273 e. The minimum Gasteiger partial charge on any atom is -0.371 e. The van der Waals surface area contributed by atoms with E-state index in [1.54, 1.807) is 36.5 Å². The summed E-state index contributed by atoms with van der Waals surface area (Å²) in [6, 6.07) is 6.08. The van der Waals surface area contributed by atoms with Crippen LogP contribution in [0.5, 0.6) is 0 Å². The Labute approximate surface area is 162 Å². The number of likely N-dealkylation sites (tertiary alicyclic amines) is 1. The van der Waals surface area contributed by atoms with Crippen molar-refractivity contribution in [2.45, 2.75) is 25.3 Å². The van der Waals surface area contributed by atoms with Gasteiger partial charge in [-0.2, -0.15) is 0 Å². The zero-order chi connectivity index (χ0) is 19.6. The summed E-state index contributed by atoms with van der Waals surface area (Å²) in [5, 5.41) is 5.84. The van der Waals surface area contributed by atoms with Gasteiger partial charge in [0.15, 0.2) is 0 Å². The van der Waals surface area contributed by atoms with Gasteiger partial charge in [0.2, 0.25) is 5.91 Å². The number of thiazole rings is 1. The molecular weight excluding hydrogens is 367 g/mol. The topological polar surface area (TPSA) is 65.5 Å². The Morgan fingerprint density at radius 3 is 2.56 bits per heavy atom. The Morgan fingerprint density at radius 1 is 1.30 bits per heavy atom. The van der Waals surface area contributed by atoms with Crippen LogP contribution in [-0.2, 0) is 4.79 Å². The van der Waals surface area contributed by atoms with E-state index in [9.17, 15) is 14.0 Å². The van der Waals surface area contributed by atoms with Gasteiger partial charge in [0, 0.05) is 38.3 Å². The maximum atomic E-state index is 13.6. The molecule has 1 aromatic carbocycles. The lowest BCUT2D eigenvalue weighted by Crippen LogP contribution is -2.58. The fraction of sp³-hybridized carbons (Fsp3) is 0.421. The number of amides is 2. The highest BCUT2D eigenvalue weighted by Gasteiger charge is 2.43. The molecule has 0 aliphatic carbocycles. The summed E-state index contributed by atoms with van der Waals surface area (Å²) < 4.78 is 13.6. The summed E-state index contributed by atoms with van der Waals surface area (Å²) >= 11 is 1.44. The average molecular weight is 390 g/mol. The van der Waals surface area contributed by atoms with Crippen molar-refractivity contribution in [1.29, 1.82) is 0 Å². The number of hydrogen-bond acceptors (Lipinski definition) is 5. The van der Waals surface area contributed by atoms with E-state index in [0.29, 0.717) is 37.3 Å². The van der Waals surface area contributed by atoms with Crippen LogP contribution in [0, 0.1) is 12.7 Å². The number of benzene rings is 1. The second-order valence-corrected chi connectivity index (χ2v) is 8.02. The number of anilines is 1. The average Bonchev–Trinajstić information content (AvgIpc) is 3.07. The predicted molar refractivity (Wildman–Crippen MR) is 103 cm³/mol. The van der Waals surface area contributed by atoms with Crippen LogP contribution in [0.4, 0.5) is 10.1 Å². The van der Waals surface area contributed by atoms with Crippen molar-refractivity contribution >= 4 is 28.8 Å². The first-order valence-electron chi connectivity index (χ1n) is 8.78. The first-order chi connectivity index (χ1) is 12.8. The quantitative estimate of drug-likeness (QED) is 0.872. The van der Waals surface area contributed by atoms with Crippen LogP contribution >= 0.6 is 11.3 Å². The van der Waals surface area contributed by atoms with Crippen LogP contribution < -0.4 is 5.32 Å². The number of halogens is 1. The van der Waals surface area contributed by atoms with E-state index in [2.05, 4.69) is 10.3 Å². The first kappa shape index (κ1) is 19.3. The molecule has 1 aliphatic rings. The number of carbonyl (C=O) groups excluding carboxylic acids is 2. The van der Waals surface area contributed by atoms with Crippen molar-refractivity contribution in [3.63, 3.8) is 0 Å². The van der Waals surface area contributed by atoms with Crippen molar-refractivity contribution in [3.8, 4) is 0 Å². The third-order valence-electron chi connectivity index (χ3n) is 4.77. The SMILES string of the molecule is Cc1nc(C(=O)N2CCC(Nc3cccc(F)c3)(C(=O)N(C)C)CC2)cs1. The molecule has 1 aromatic heterocycles. The summed E-state index contributed by atoms with van der Waals surface area (Å²) in [5.74, 6) is -0.557. The highest BCUT2D eigenvalue weighted by Crippen LogP contribution is 2.30. The fourth-order valence-electron chi connectivity index (χ4n) is 3.38. The Balaban J connectivity index is 1.78. The largest absolute Gasteiger partial charge is 0.371 e. The summed E-state index contributed by atoms with van der Waals surface area (Å²) in [6.07, 6.45) is 0.880. The smallest absolute Gasteiger partial charge is 0.273 e. The second kappa shape index (κ2) is 7.64. The lowest BCUT2D eigenvalue weighted by atomic mass is 9.85. The zero-order valence-electron chi connectivity index (χ0n) is 15.7. The van der Waals surface area contributed by atoms with Gasteiger partial charge in [-0.25, -0.2) is 9.37 Å². The van der Waals surface area contributed by atoms with Crippen molar-refractivity contribution in [1.82, 2.24) is 14.8 Å². The molecule has 0 spiro atoms. The lowest BCUT2D eigenvalue weighted by molar-refractivity contribution is -0.135. The van der Waals surface area contributed by atoms with Crippen molar-refractivity contribution in [2.75, 3.05) is 32.5 Å². The molecular formula is C19H23FN4O2S. The van der Waals surface area contributed by atoms with Crippen LogP contribution in [0.15, 0.2) is 29.6 Å². The fourth-order valence-corrected chi connectivity index (χ4v) is 3.96. The van der Waals surface area contributed by atoms with E-state index in [0.717, 1.165) is 5.01 Å².